The first kappa shape index (κ1) is 16.3. The van der Waals surface area contributed by atoms with Gasteiger partial charge in [-0.2, -0.15) is 0 Å². The second-order valence-electron chi connectivity index (χ2n) is 6.23. The Morgan fingerprint density at radius 3 is 2.65 bits per heavy atom. The fraction of sp³-hybridized carbons (Fsp3) is 0.190. The van der Waals surface area contributed by atoms with E-state index >= 15 is 0 Å². The van der Waals surface area contributed by atoms with Gasteiger partial charge in [-0.1, -0.05) is 29.8 Å². The van der Waals surface area contributed by atoms with Crippen molar-refractivity contribution in [3.63, 3.8) is 0 Å². The Morgan fingerprint density at radius 2 is 1.88 bits per heavy atom. The molecule has 0 saturated carbocycles. The number of aryl methyl sites for hydroxylation is 2. The van der Waals surface area contributed by atoms with Crippen molar-refractivity contribution in [3.8, 4) is 11.5 Å². The minimum absolute atomic E-state index is 0.177. The van der Waals surface area contributed by atoms with Gasteiger partial charge in [0.05, 0.1) is 18.8 Å². The van der Waals surface area contributed by atoms with Gasteiger partial charge in [-0.3, -0.25) is 4.79 Å². The smallest absolute Gasteiger partial charge is 0.206 e. The Kier molecular flexibility index (Phi) is 3.92. The first-order valence-corrected chi connectivity index (χ1v) is 8.28. The van der Waals surface area contributed by atoms with Gasteiger partial charge in [0.2, 0.25) is 5.75 Å². The van der Waals surface area contributed by atoms with Gasteiger partial charge in [0.15, 0.2) is 16.6 Å². The quantitative estimate of drug-likeness (QED) is 0.532. The van der Waals surface area contributed by atoms with Crippen LogP contribution >= 0.6 is 0 Å². The summed E-state index contributed by atoms with van der Waals surface area (Å²) in [4.78, 5) is 12.6. The van der Waals surface area contributed by atoms with E-state index in [1.54, 1.807) is 19.3 Å². The molecule has 26 heavy (non-hydrogen) atoms. The van der Waals surface area contributed by atoms with Crippen molar-refractivity contribution in [2.75, 3.05) is 7.11 Å². The first-order valence-electron chi connectivity index (χ1n) is 8.28. The number of benzene rings is 2. The predicted octanol–water partition coefficient (Wildman–Crippen LogP) is 4.74. The molecular formula is C21H18O5. The molecule has 2 heterocycles. The summed E-state index contributed by atoms with van der Waals surface area (Å²) in [5.41, 5.74) is 2.82. The Morgan fingerprint density at radius 1 is 1.04 bits per heavy atom. The highest BCUT2D eigenvalue weighted by atomic mass is 16.5. The summed E-state index contributed by atoms with van der Waals surface area (Å²) in [5.74, 6) is 1.33. The standard InChI is InChI=1S/C21H18O5/c1-12-5-4-6-14(9-12)11-25-21-19-15(7-8-24-19)18(23-3)17-16(22)10-13(2)26-20(17)21/h4-10H,11H2,1-3H3. The first-order chi connectivity index (χ1) is 12.6. The fourth-order valence-electron chi connectivity index (χ4n) is 3.19. The number of hydrogen-bond acceptors (Lipinski definition) is 5. The molecule has 0 spiro atoms. The van der Waals surface area contributed by atoms with Crippen LogP contribution in [0.1, 0.15) is 16.9 Å². The summed E-state index contributed by atoms with van der Waals surface area (Å²) in [5, 5.41) is 1.03. The predicted molar refractivity (Wildman–Crippen MR) is 99.1 cm³/mol. The molecule has 5 nitrogen and oxygen atoms in total. The van der Waals surface area contributed by atoms with E-state index in [0.29, 0.717) is 45.8 Å². The molecule has 0 saturated heterocycles. The third kappa shape index (κ3) is 2.62. The van der Waals surface area contributed by atoms with Crippen LogP contribution in [0.5, 0.6) is 11.5 Å². The molecule has 5 heteroatoms. The highest BCUT2D eigenvalue weighted by Gasteiger charge is 2.22. The Hall–Kier alpha value is -3.21. The lowest BCUT2D eigenvalue weighted by molar-refractivity contribution is 0.303. The molecule has 2 aromatic carbocycles. The maximum atomic E-state index is 12.6. The van der Waals surface area contributed by atoms with Gasteiger partial charge in [0.25, 0.3) is 0 Å². The Balaban J connectivity index is 1.94. The molecule has 0 aliphatic rings. The number of hydrogen-bond donors (Lipinski definition) is 0. The van der Waals surface area contributed by atoms with E-state index in [4.69, 9.17) is 18.3 Å². The van der Waals surface area contributed by atoms with Crippen LogP contribution in [-0.4, -0.2) is 7.11 Å². The summed E-state index contributed by atoms with van der Waals surface area (Å²) in [7, 11) is 1.52. The third-order valence-corrected chi connectivity index (χ3v) is 4.29. The van der Waals surface area contributed by atoms with Crippen LogP contribution in [0.2, 0.25) is 0 Å². The summed E-state index contributed by atoms with van der Waals surface area (Å²) in [6.45, 7) is 4.08. The maximum absolute atomic E-state index is 12.6. The van der Waals surface area contributed by atoms with E-state index in [0.717, 1.165) is 11.1 Å². The summed E-state index contributed by atoms with van der Waals surface area (Å²) in [6, 6.07) is 11.2. The average molecular weight is 350 g/mol. The van der Waals surface area contributed by atoms with E-state index in [1.165, 1.54) is 13.2 Å². The lowest BCUT2D eigenvalue weighted by Gasteiger charge is -2.13. The van der Waals surface area contributed by atoms with Crippen molar-refractivity contribution in [1.29, 1.82) is 0 Å². The molecule has 0 unspecified atom stereocenters. The van der Waals surface area contributed by atoms with Crippen LogP contribution in [0.4, 0.5) is 0 Å². The second-order valence-corrected chi connectivity index (χ2v) is 6.23. The Labute approximate surface area is 149 Å². The van der Waals surface area contributed by atoms with E-state index < -0.39 is 0 Å². The fourth-order valence-corrected chi connectivity index (χ4v) is 3.19. The van der Waals surface area contributed by atoms with Gasteiger partial charge in [0.1, 0.15) is 23.5 Å². The SMILES string of the molecule is COc1c2ccoc2c(OCc2cccc(C)c2)c2oc(C)cc(=O)c12. The lowest BCUT2D eigenvalue weighted by atomic mass is 10.1. The van der Waals surface area contributed by atoms with Gasteiger partial charge >= 0.3 is 0 Å². The van der Waals surface area contributed by atoms with Crippen LogP contribution in [0.3, 0.4) is 0 Å². The van der Waals surface area contributed by atoms with Gasteiger partial charge in [-0.25, -0.2) is 0 Å². The monoisotopic (exact) mass is 350 g/mol. The highest BCUT2D eigenvalue weighted by Crippen LogP contribution is 2.42. The summed E-state index contributed by atoms with van der Waals surface area (Å²) < 4.78 is 23.0. The Bertz CT molecular complexity index is 1170. The zero-order valence-corrected chi connectivity index (χ0v) is 14.8. The van der Waals surface area contributed by atoms with Crippen LogP contribution in [0, 0.1) is 13.8 Å². The topological polar surface area (TPSA) is 61.8 Å². The minimum atomic E-state index is -0.177. The molecule has 0 aliphatic heterocycles. The lowest BCUT2D eigenvalue weighted by Crippen LogP contribution is -2.05. The van der Waals surface area contributed by atoms with Gasteiger partial charge in [-0.05, 0) is 25.5 Å². The molecule has 0 amide bonds. The molecular weight excluding hydrogens is 332 g/mol. The van der Waals surface area contributed by atoms with Gasteiger partial charge in [0, 0.05) is 6.07 Å². The van der Waals surface area contributed by atoms with E-state index in [1.807, 2.05) is 31.2 Å². The van der Waals surface area contributed by atoms with Crippen LogP contribution in [0.15, 0.2) is 56.3 Å². The van der Waals surface area contributed by atoms with Crippen LogP contribution < -0.4 is 14.9 Å². The zero-order chi connectivity index (χ0) is 18.3. The maximum Gasteiger partial charge on any atom is 0.206 e. The molecule has 0 atom stereocenters. The largest absolute Gasteiger partial charge is 0.495 e. The van der Waals surface area contributed by atoms with Crippen molar-refractivity contribution in [1.82, 2.24) is 0 Å². The number of ether oxygens (including phenoxy) is 2. The van der Waals surface area contributed by atoms with Crippen molar-refractivity contribution in [2.45, 2.75) is 20.5 Å². The van der Waals surface area contributed by atoms with Crippen molar-refractivity contribution in [3.05, 3.63) is 69.8 Å². The van der Waals surface area contributed by atoms with Crippen molar-refractivity contribution < 1.29 is 18.3 Å². The minimum Gasteiger partial charge on any atom is -0.495 e. The molecule has 0 radical (unpaired) electrons. The molecule has 0 N–H and O–H groups in total. The number of rotatable bonds is 4. The molecule has 2 aromatic heterocycles. The van der Waals surface area contributed by atoms with Crippen LogP contribution in [-0.2, 0) is 6.61 Å². The van der Waals surface area contributed by atoms with Crippen LogP contribution in [0.25, 0.3) is 21.9 Å². The van der Waals surface area contributed by atoms with Crippen molar-refractivity contribution in [2.24, 2.45) is 0 Å². The van der Waals surface area contributed by atoms with Gasteiger partial charge < -0.3 is 18.3 Å². The molecule has 0 fully saturated rings. The summed E-state index contributed by atoms with van der Waals surface area (Å²) >= 11 is 0. The number of furan rings is 1. The third-order valence-electron chi connectivity index (χ3n) is 4.29. The van der Waals surface area contributed by atoms with E-state index in [9.17, 15) is 4.79 Å². The second kappa shape index (κ2) is 6.26. The number of methoxy groups -OCH3 is 1. The highest BCUT2D eigenvalue weighted by molar-refractivity contribution is 6.06. The zero-order valence-electron chi connectivity index (χ0n) is 14.8. The van der Waals surface area contributed by atoms with Gasteiger partial charge in [-0.15, -0.1) is 0 Å². The normalized spacial score (nSPS) is 11.2. The molecule has 4 rings (SSSR count). The molecule has 132 valence electrons. The average Bonchev–Trinajstić information content (AvgIpc) is 3.08. The summed E-state index contributed by atoms with van der Waals surface area (Å²) in [6.07, 6.45) is 1.54. The molecule has 0 aliphatic carbocycles. The molecule has 0 bridgehead atoms. The number of fused-ring (bicyclic) bond motifs is 2. The molecule has 4 aromatic rings. The van der Waals surface area contributed by atoms with E-state index in [-0.39, 0.29) is 5.43 Å². The van der Waals surface area contributed by atoms with Crippen molar-refractivity contribution >= 4 is 21.9 Å². The van der Waals surface area contributed by atoms with E-state index in [2.05, 4.69) is 0 Å².